The standard InChI is InChI=1S/C15H20FN3O3/c16-11-7-12(18-15(20)14-10-17-1-4-22-14)9-13(8-11)19-2-5-21-6-3-19/h7-9,14,17H,1-6,10H2,(H,18,20). The molecule has 0 aliphatic carbocycles. The summed E-state index contributed by atoms with van der Waals surface area (Å²) in [6.07, 6.45) is -0.538. The summed E-state index contributed by atoms with van der Waals surface area (Å²) in [4.78, 5) is 14.2. The Morgan fingerprint density at radius 3 is 2.82 bits per heavy atom. The molecule has 1 atom stereocenters. The van der Waals surface area contributed by atoms with Crippen molar-refractivity contribution in [3.05, 3.63) is 24.0 Å². The van der Waals surface area contributed by atoms with E-state index in [1.54, 1.807) is 6.07 Å². The molecule has 7 heteroatoms. The molecule has 2 heterocycles. The number of hydrogen-bond acceptors (Lipinski definition) is 5. The van der Waals surface area contributed by atoms with Gasteiger partial charge in [-0.1, -0.05) is 0 Å². The van der Waals surface area contributed by atoms with Gasteiger partial charge in [0.2, 0.25) is 0 Å². The van der Waals surface area contributed by atoms with Gasteiger partial charge in [-0.25, -0.2) is 4.39 Å². The number of benzene rings is 1. The average Bonchev–Trinajstić information content (AvgIpc) is 2.56. The summed E-state index contributed by atoms with van der Waals surface area (Å²) in [5.74, 6) is -0.632. The lowest BCUT2D eigenvalue weighted by molar-refractivity contribution is -0.128. The zero-order chi connectivity index (χ0) is 15.4. The maximum absolute atomic E-state index is 13.8. The summed E-state index contributed by atoms with van der Waals surface area (Å²) in [5.41, 5.74) is 1.20. The quantitative estimate of drug-likeness (QED) is 0.856. The number of ether oxygens (including phenoxy) is 2. The highest BCUT2D eigenvalue weighted by Crippen LogP contribution is 2.23. The van der Waals surface area contributed by atoms with Gasteiger partial charge < -0.3 is 25.0 Å². The van der Waals surface area contributed by atoms with Gasteiger partial charge in [0.15, 0.2) is 0 Å². The summed E-state index contributed by atoms with van der Waals surface area (Å²) in [6.45, 7) is 4.39. The fourth-order valence-electron chi connectivity index (χ4n) is 2.61. The number of hydrogen-bond donors (Lipinski definition) is 2. The summed E-state index contributed by atoms with van der Waals surface area (Å²) >= 11 is 0. The molecule has 0 radical (unpaired) electrons. The zero-order valence-electron chi connectivity index (χ0n) is 12.3. The number of carbonyl (C=O) groups is 1. The predicted molar refractivity (Wildman–Crippen MR) is 80.7 cm³/mol. The molecule has 1 unspecified atom stereocenters. The van der Waals surface area contributed by atoms with E-state index >= 15 is 0 Å². The molecule has 0 spiro atoms. The smallest absolute Gasteiger partial charge is 0.254 e. The zero-order valence-corrected chi connectivity index (χ0v) is 12.3. The molecular formula is C15H20FN3O3. The maximum Gasteiger partial charge on any atom is 0.254 e. The third kappa shape index (κ3) is 3.73. The van der Waals surface area contributed by atoms with E-state index in [4.69, 9.17) is 9.47 Å². The molecule has 3 rings (SSSR count). The predicted octanol–water partition coefficient (Wildman–Crippen LogP) is 0.589. The van der Waals surface area contributed by atoms with Gasteiger partial charge in [-0.3, -0.25) is 4.79 Å². The lowest BCUT2D eigenvalue weighted by Crippen LogP contribution is -2.45. The Labute approximate surface area is 128 Å². The van der Waals surface area contributed by atoms with E-state index in [0.717, 1.165) is 12.2 Å². The number of amides is 1. The van der Waals surface area contributed by atoms with Crippen molar-refractivity contribution in [2.75, 3.05) is 56.2 Å². The second-order valence-electron chi connectivity index (χ2n) is 5.35. The minimum Gasteiger partial charge on any atom is -0.378 e. The van der Waals surface area contributed by atoms with Crippen molar-refractivity contribution in [2.24, 2.45) is 0 Å². The van der Waals surface area contributed by atoms with Crippen molar-refractivity contribution < 1.29 is 18.7 Å². The van der Waals surface area contributed by atoms with Gasteiger partial charge in [-0.15, -0.1) is 0 Å². The minimum absolute atomic E-state index is 0.259. The molecule has 22 heavy (non-hydrogen) atoms. The number of nitrogens with zero attached hydrogens (tertiary/aromatic N) is 1. The summed E-state index contributed by atoms with van der Waals surface area (Å²) in [6, 6.07) is 4.57. The molecule has 0 aromatic heterocycles. The van der Waals surface area contributed by atoms with Gasteiger partial charge in [-0.2, -0.15) is 0 Å². The lowest BCUT2D eigenvalue weighted by Gasteiger charge is -2.29. The third-order valence-corrected chi connectivity index (χ3v) is 3.75. The van der Waals surface area contributed by atoms with Crippen molar-refractivity contribution in [2.45, 2.75) is 6.10 Å². The first kappa shape index (κ1) is 15.2. The number of halogens is 1. The van der Waals surface area contributed by atoms with Gasteiger partial charge in [0, 0.05) is 37.6 Å². The van der Waals surface area contributed by atoms with Crippen LogP contribution in [-0.4, -0.2) is 58.0 Å². The van der Waals surface area contributed by atoms with Crippen LogP contribution in [0, 0.1) is 5.82 Å². The van der Waals surface area contributed by atoms with E-state index in [-0.39, 0.29) is 11.7 Å². The average molecular weight is 309 g/mol. The van der Waals surface area contributed by atoms with Crippen molar-refractivity contribution in [1.29, 1.82) is 0 Å². The van der Waals surface area contributed by atoms with Crippen LogP contribution in [0.4, 0.5) is 15.8 Å². The lowest BCUT2D eigenvalue weighted by atomic mass is 10.2. The topological polar surface area (TPSA) is 62.8 Å². The molecular weight excluding hydrogens is 289 g/mol. The summed E-state index contributed by atoms with van der Waals surface area (Å²) < 4.78 is 24.5. The Morgan fingerprint density at radius 2 is 2.09 bits per heavy atom. The van der Waals surface area contributed by atoms with Crippen molar-refractivity contribution in [1.82, 2.24) is 5.32 Å². The number of morpholine rings is 2. The van der Waals surface area contributed by atoms with Crippen LogP contribution in [0.1, 0.15) is 0 Å². The Bertz CT molecular complexity index is 529. The molecule has 0 bridgehead atoms. The molecule has 0 saturated carbocycles. The molecule has 6 nitrogen and oxygen atoms in total. The summed E-state index contributed by atoms with van der Waals surface area (Å²) in [5, 5.41) is 5.82. The van der Waals surface area contributed by atoms with Crippen LogP contribution < -0.4 is 15.5 Å². The first-order valence-electron chi connectivity index (χ1n) is 7.49. The largest absolute Gasteiger partial charge is 0.378 e. The van der Waals surface area contributed by atoms with Crippen LogP contribution in [0.5, 0.6) is 0 Å². The first-order valence-corrected chi connectivity index (χ1v) is 7.49. The maximum atomic E-state index is 13.8. The van der Waals surface area contributed by atoms with E-state index in [0.29, 0.717) is 45.1 Å². The fourth-order valence-corrected chi connectivity index (χ4v) is 2.61. The number of anilines is 2. The Hall–Kier alpha value is -1.70. The molecule has 2 saturated heterocycles. The molecule has 1 aromatic carbocycles. The molecule has 2 fully saturated rings. The van der Waals surface area contributed by atoms with Crippen LogP contribution in [-0.2, 0) is 14.3 Å². The molecule has 2 aliphatic heterocycles. The molecule has 2 N–H and O–H groups in total. The highest BCUT2D eigenvalue weighted by atomic mass is 19.1. The summed E-state index contributed by atoms with van der Waals surface area (Å²) in [7, 11) is 0. The SMILES string of the molecule is O=C(Nc1cc(F)cc(N2CCOCC2)c1)C1CNCCO1. The Kier molecular flexibility index (Phi) is 4.87. The van der Waals surface area contributed by atoms with Gasteiger partial charge in [0.05, 0.1) is 19.8 Å². The minimum atomic E-state index is -0.538. The Balaban J connectivity index is 1.70. The van der Waals surface area contributed by atoms with Gasteiger partial charge in [0.1, 0.15) is 11.9 Å². The van der Waals surface area contributed by atoms with E-state index < -0.39 is 6.10 Å². The van der Waals surface area contributed by atoms with Crippen LogP contribution in [0.25, 0.3) is 0 Å². The van der Waals surface area contributed by atoms with Crippen LogP contribution in [0.2, 0.25) is 0 Å². The van der Waals surface area contributed by atoms with Crippen molar-refractivity contribution >= 4 is 17.3 Å². The number of rotatable bonds is 3. The third-order valence-electron chi connectivity index (χ3n) is 3.75. The van der Waals surface area contributed by atoms with E-state index in [9.17, 15) is 9.18 Å². The first-order chi connectivity index (χ1) is 10.7. The molecule has 2 aliphatic rings. The van der Waals surface area contributed by atoms with Crippen molar-refractivity contribution in [3.8, 4) is 0 Å². The highest BCUT2D eigenvalue weighted by Gasteiger charge is 2.22. The molecule has 120 valence electrons. The monoisotopic (exact) mass is 309 g/mol. The number of carbonyl (C=O) groups excluding carboxylic acids is 1. The van der Waals surface area contributed by atoms with Crippen LogP contribution in [0.15, 0.2) is 18.2 Å². The Morgan fingerprint density at radius 1 is 1.27 bits per heavy atom. The van der Waals surface area contributed by atoms with Gasteiger partial charge in [-0.05, 0) is 18.2 Å². The van der Waals surface area contributed by atoms with Gasteiger partial charge >= 0.3 is 0 Å². The van der Waals surface area contributed by atoms with Crippen LogP contribution in [0.3, 0.4) is 0 Å². The van der Waals surface area contributed by atoms with Crippen molar-refractivity contribution in [3.63, 3.8) is 0 Å². The normalized spacial score (nSPS) is 22.4. The van der Waals surface area contributed by atoms with Gasteiger partial charge in [0.25, 0.3) is 5.91 Å². The fraction of sp³-hybridized carbons (Fsp3) is 0.533. The number of nitrogens with one attached hydrogen (secondary N) is 2. The second kappa shape index (κ2) is 7.04. The van der Waals surface area contributed by atoms with E-state index in [1.165, 1.54) is 12.1 Å². The van der Waals surface area contributed by atoms with E-state index in [2.05, 4.69) is 10.6 Å². The van der Waals surface area contributed by atoms with Crippen LogP contribution >= 0.6 is 0 Å². The molecule has 1 amide bonds. The second-order valence-corrected chi connectivity index (χ2v) is 5.35. The molecule has 1 aromatic rings. The van der Waals surface area contributed by atoms with E-state index in [1.807, 2.05) is 4.90 Å². The highest BCUT2D eigenvalue weighted by molar-refractivity contribution is 5.94.